The van der Waals surface area contributed by atoms with E-state index in [4.69, 9.17) is 5.73 Å². The fourth-order valence-electron chi connectivity index (χ4n) is 2.30. The third-order valence-electron chi connectivity index (χ3n) is 3.14. The Labute approximate surface area is 88.9 Å². The maximum absolute atomic E-state index is 12.1. The highest BCUT2D eigenvalue weighted by atomic mass is 16.1. The van der Waals surface area contributed by atoms with Crippen LogP contribution in [0.2, 0.25) is 0 Å². The number of hydrogen-bond donors (Lipinski definition) is 1. The van der Waals surface area contributed by atoms with E-state index < -0.39 is 0 Å². The van der Waals surface area contributed by atoms with Crippen LogP contribution in [0.15, 0.2) is 18.7 Å². The van der Waals surface area contributed by atoms with Gasteiger partial charge in [0.2, 0.25) is 0 Å². The first-order chi connectivity index (χ1) is 7.33. The van der Waals surface area contributed by atoms with Gasteiger partial charge < -0.3 is 5.73 Å². The summed E-state index contributed by atoms with van der Waals surface area (Å²) < 4.78 is 0. The Hall–Kier alpha value is -1.29. The van der Waals surface area contributed by atoms with Crippen LogP contribution in [-0.4, -0.2) is 22.3 Å². The summed E-state index contributed by atoms with van der Waals surface area (Å²) in [7, 11) is 0. The highest BCUT2D eigenvalue weighted by Gasteiger charge is 2.32. The molecule has 2 atom stereocenters. The van der Waals surface area contributed by atoms with Crippen molar-refractivity contribution < 1.29 is 4.79 Å². The van der Waals surface area contributed by atoms with Gasteiger partial charge in [-0.1, -0.05) is 6.42 Å². The van der Waals surface area contributed by atoms with Gasteiger partial charge in [-0.15, -0.1) is 0 Å². The number of nitrogens with zero attached hydrogens (tertiary/aromatic N) is 2. The average molecular weight is 205 g/mol. The van der Waals surface area contributed by atoms with Crippen LogP contribution in [0.5, 0.6) is 0 Å². The van der Waals surface area contributed by atoms with Gasteiger partial charge in [0.1, 0.15) is 6.33 Å². The van der Waals surface area contributed by atoms with E-state index in [1.165, 1.54) is 6.33 Å². The van der Waals surface area contributed by atoms with Crippen molar-refractivity contribution in [2.75, 3.05) is 6.54 Å². The number of carbonyl (C=O) groups excluding carboxylic acids is 1. The highest BCUT2D eigenvalue weighted by Crippen LogP contribution is 2.33. The van der Waals surface area contributed by atoms with Gasteiger partial charge in [-0.05, 0) is 25.3 Å². The zero-order chi connectivity index (χ0) is 10.7. The number of carbonyl (C=O) groups is 1. The molecule has 2 unspecified atom stereocenters. The van der Waals surface area contributed by atoms with Gasteiger partial charge in [0.05, 0.1) is 5.56 Å². The molecule has 80 valence electrons. The van der Waals surface area contributed by atoms with Crippen LogP contribution in [0.1, 0.15) is 29.6 Å². The van der Waals surface area contributed by atoms with E-state index in [1.54, 1.807) is 12.4 Å². The normalized spacial score (nSPS) is 25.4. The summed E-state index contributed by atoms with van der Waals surface area (Å²) in [4.78, 5) is 19.8. The molecule has 0 aliphatic heterocycles. The van der Waals surface area contributed by atoms with Gasteiger partial charge >= 0.3 is 0 Å². The maximum Gasteiger partial charge on any atom is 0.169 e. The minimum absolute atomic E-state index is 0.0843. The van der Waals surface area contributed by atoms with Gasteiger partial charge in [0.15, 0.2) is 5.78 Å². The van der Waals surface area contributed by atoms with Crippen molar-refractivity contribution in [2.45, 2.75) is 19.3 Å². The summed E-state index contributed by atoms with van der Waals surface area (Å²) in [6.45, 7) is 0.601. The van der Waals surface area contributed by atoms with Crippen LogP contribution in [0, 0.1) is 11.8 Å². The molecule has 0 amide bonds. The lowest BCUT2D eigenvalue weighted by Crippen LogP contribution is -2.25. The summed E-state index contributed by atoms with van der Waals surface area (Å²) >= 11 is 0. The number of Topliss-reactive ketones (excluding diaryl/α,β-unsaturated/α-hetero) is 1. The van der Waals surface area contributed by atoms with E-state index in [9.17, 15) is 4.79 Å². The Kier molecular flexibility index (Phi) is 3.06. The van der Waals surface area contributed by atoms with Gasteiger partial charge in [-0.3, -0.25) is 4.79 Å². The zero-order valence-electron chi connectivity index (χ0n) is 8.60. The van der Waals surface area contributed by atoms with Crippen molar-refractivity contribution >= 4 is 5.78 Å². The largest absolute Gasteiger partial charge is 0.330 e. The summed E-state index contributed by atoms with van der Waals surface area (Å²) in [5, 5.41) is 0. The third kappa shape index (κ3) is 2.04. The van der Waals surface area contributed by atoms with Crippen LogP contribution in [0.25, 0.3) is 0 Å². The Bertz CT molecular complexity index is 339. The molecule has 1 heterocycles. The molecular formula is C11H15N3O. The lowest BCUT2D eigenvalue weighted by Gasteiger charge is -2.15. The molecule has 1 aromatic heterocycles. The molecule has 2 N–H and O–H groups in total. The number of hydrogen-bond acceptors (Lipinski definition) is 4. The summed E-state index contributed by atoms with van der Waals surface area (Å²) in [6.07, 6.45) is 7.73. The molecule has 0 saturated heterocycles. The minimum Gasteiger partial charge on any atom is -0.330 e. The Balaban J connectivity index is 2.14. The van der Waals surface area contributed by atoms with Crippen LogP contribution in [0.4, 0.5) is 0 Å². The molecule has 0 aromatic carbocycles. The maximum atomic E-state index is 12.1. The lowest BCUT2D eigenvalue weighted by atomic mass is 9.89. The summed E-state index contributed by atoms with van der Waals surface area (Å²) in [5.41, 5.74) is 6.27. The quantitative estimate of drug-likeness (QED) is 0.748. The number of ketones is 1. The first-order valence-corrected chi connectivity index (χ1v) is 5.32. The van der Waals surface area contributed by atoms with E-state index in [1.807, 2.05) is 0 Å². The first kappa shape index (κ1) is 10.2. The Morgan fingerprint density at radius 2 is 2.13 bits per heavy atom. The monoisotopic (exact) mass is 205 g/mol. The van der Waals surface area contributed by atoms with Crippen LogP contribution in [0.3, 0.4) is 0 Å². The third-order valence-corrected chi connectivity index (χ3v) is 3.14. The second kappa shape index (κ2) is 4.49. The number of aromatic nitrogens is 2. The van der Waals surface area contributed by atoms with Crippen molar-refractivity contribution in [3.63, 3.8) is 0 Å². The van der Waals surface area contributed by atoms with Crippen LogP contribution < -0.4 is 5.73 Å². The molecule has 0 radical (unpaired) electrons. The molecule has 4 nitrogen and oxygen atoms in total. The van der Waals surface area contributed by atoms with E-state index >= 15 is 0 Å². The average Bonchev–Trinajstić information content (AvgIpc) is 2.77. The zero-order valence-corrected chi connectivity index (χ0v) is 8.60. The molecule has 1 aromatic rings. The molecule has 0 spiro atoms. The smallest absolute Gasteiger partial charge is 0.169 e. The van der Waals surface area contributed by atoms with Gasteiger partial charge in [-0.25, -0.2) is 9.97 Å². The molecule has 1 saturated carbocycles. The van der Waals surface area contributed by atoms with Crippen LogP contribution >= 0.6 is 0 Å². The molecule has 15 heavy (non-hydrogen) atoms. The topological polar surface area (TPSA) is 68.9 Å². The fourth-order valence-corrected chi connectivity index (χ4v) is 2.30. The molecule has 1 aliphatic rings. The molecule has 1 aliphatic carbocycles. The van der Waals surface area contributed by atoms with E-state index in [2.05, 4.69) is 9.97 Å². The van der Waals surface area contributed by atoms with Gasteiger partial charge in [-0.2, -0.15) is 0 Å². The van der Waals surface area contributed by atoms with Crippen molar-refractivity contribution in [3.05, 3.63) is 24.3 Å². The molecule has 0 bridgehead atoms. The second-order valence-electron chi connectivity index (χ2n) is 4.02. The molecular weight excluding hydrogens is 190 g/mol. The molecule has 1 fully saturated rings. The Morgan fingerprint density at radius 3 is 2.80 bits per heavy atom. The predicted octanol–water partition coefficient (Wildman–Crippen LogP) is 1.03. The fraction of sp³-hybridized carbons (Fsp3) is 0.545. The Morgan fingerprint density at radius 1 is 1.40 bits per heavy atom. The number of rotatable bonds is 3. The van der Waals surface area contributed by atoms with E-state index in [0.29, 0.717) is 18.0 Å². The van der Waals surface area contributed by atoms with Gasteiger partial charge in [0, 0.05) is 18.3 Å². The molecule has 2 rings (SSSR count). The second-order valence-corrected chi connectivity index (χ2v) is 4.02. The summed E-state index contributed by atoms with van der Waals surface area (Å²) in [5.74, 6) is 0.585. The van der Waals surface area contributed by atoms with E-state index in [-0.39, 0.29) is 11.7 Å². The highest BCUT2D eigenvalue weighted by molar-refractivity contribution is 5.97. The molecule has 4 heteroatoms. The SMILES string of the molecule is NCC1CCCC1C(=O)c1cncnc1. The van der Waals surface area contributed by atoms with Gasteiger partial charge in [0.25, 0.3) is 0 Å². The van der Waals surface area contributed by atoms with Crippen molar-refractivity contribution in [2.24, 2.45) is 17.6 Å². The van der Waals surface area contributed by atoms with Crippen LogP contribution in [-0.2, 0) is 0 Å². The number of nitrogens with two attached hydrogens (primary N) is 1. The lowest BCUT2D eigenvalue weighted by molar-refractivity contribution is 0.0892. The summed E-state index contributed by atoms with van der Waals surface area (Å²) in [6, 6.07) is 0. The first-order valence-electron chi connectivity index (χ1n) is 5.32. The van der Waals surface area contributed by atoms with Crippen molar-refractivity contribution in [1.82, 2.24) is 9.97 Å². The van der Waals surface area contributed by atoms with Crippen molar-refractivity contribution in [3.8, 4) is 0 Å². The standard InChI is InChI=1S/C11H15N3O/c12-4-8-2-1-3-10(8)11(15)9-5-13-7-14-6-9/h5-8,10H,1-4,12H2. The minimum atomic E-state index is 0.0843. The van der Waals surface area contributed by atoms with E-state index in [0.717, 1.165) is 19.3 Å². The predicted molar refractivity (Wildman–Crippen MR) is 56.2 cm³/mol. The van der Waals surface area contributed by atoms with Crippen molar-refractivity contribution in [1.29, 1.82) is 0 Å².